The van der Waals surface area contributed by atoms with E-state index >= 15 is 0 Å². The van der Waals surface area contributed by atoms with Gasteiger partial charge < -0.3 is 19.5 Å². The molecule has 0 bridgehead atoms. The van der Waals surface area contributed by atoms with Crippen molar-refractivity contribution in [2.45, 2.75) is 11.0 Å². The van der Waals surface area contributed by atoms with Gasteiger partial charge in [0.1, 0.15) is 5.75 Å². The largest absolute Gasteiger partial charge is 0.493 e. The second-order valence-electron chi connectivity index (χ2n) is 6.22. The topological polar surface area (TPSA) is 56.8 Å². The monoisotopic (exact) mass is 419 g/mol. The Morgan fingerprint density at radius 3 is 2.43 bits per heavy atom. The van der Waals surface area contributed by atoms with Crippen LogP contribution < -0.4 is 19.5 Å². The van der Waals surface area contributed by atoms with E-state index in [0.29, 0.717) is 34.8 Å². The van der Waals surface area contributed by atoms with Gasteiger partial charge in [-0.25, -0.2) is 0 Å². The summed E-state index contributed by atoms with van der Waals surface area (Å²) < 4.78 is 16.6. The molecule has 5 nitrogen and oxygen atoms in total. The van der Waals surface area contributed by atoms with Crippen molar-refractivity contribution in [3.05, 3.63) is 53.6 Å². The summed E-state index contributed by atoms with van der Waals surface area (Å²) in [7, 11) is 3.22. The number of hydrogen-bond donors (Lipinski definition) is 1. The van der Waals surface area contributed by atoms with Crippen molar-refractivity contribution < 1.29 is 19.0 Å². The molecule has 1 saturated heterocycles. The van der Waals surface area contributed by atoms with Gasteiger partial charge >= 0.3 is 0 Å². The number of thioether (sulfide) groups is 2. The predicted molar refractivity (Wildman–Crippen MR) is 116 cm³/mol. The van der Waals surface area contributed by atoms with Crippen LogP contribution in [-0.2, 0) is 11.2 Å². The molecule has 0 aliphatic carbocycles. The quantitative estimate of drug-likeness (QED) is 0.665. The Morgan fingerprint density at radius 2 is 1.75 bits per heavy atom. The summed E-state index contributed by atoms with van der Waals surface area (Å²) in [5.74, 6) is 4.37. The van der Waals surface area contributed by atoms with Crippen molar-refractivity contribution in [2.24, 2.45) is 0 Å². The highest BCUT2D eigenvalue weighted by molar-refractivity contribution is 8.19. The lowest BCUT2D eigenvalue weighted by Crippen LogP contribution is -2.30. The summed E-state index contributed by atoms with van der Waals surface area (Å²) in [6.07, 6.45) is 0.706. The molecule has 3 rings (SSSR count). The first-order chi connectivity index (χ1) is 13.7. The van der Waals surface area contributed by atoms with Crippen molar-refractivity contribution in [1.82, 2.24) is 5.32 Å². The summed E-state index contributed by atoms with van der Waals surface area (Å²) >= 11 is 3.95. The molecule has 1 aliphatic rings. The number of carbonyl (C=O) groups excluding carboxylic acids is 1. The highest BCUT2D eigenvalue weighted by atomic mass is 32.2. The molecule has 1 aliphatic heterocycles. The third kappa shape index (κ3) is 5.75. The SMILES string of the molecule is COc1ccc(CCNC(=O)COc2ccc(C3SCCS3)cc2)cc1OC. The lowest BCUT2D eigenvalue weighted by atomic mass is 10.1. The number of nitrogens with one attached hydrogen (secondary N) is 1. The first kappa shape index (κ1) is 20.7. The van der Waals surface area contributed by atoms with Crippen LogP contribution in [-0.4, -0.2) is 44.8 Å². The fourth-order valence-electron chi connectivity index (χ4n) is 2.85. The lowest BCUT2D eigenvalue weighted by Gasteiger charge is -2.11. The van der Waals surface area contributed by atoms with Crippen LogP contribution >= 0.6 is 23.5 Å². The van der Waals surface area contributed by atoms with E-state index < -0.39 is 0 Å². The normalized spacial score (nSPS) is 13.9. The van der Waals surface area contributed by atoms with Gasteiger partial charge in [-0.15, -0.1) is 23.5 Å². The second-order valence-corrected chi connectivity index (χ2v) is 8.94. The van der Waals surface area contributed by atoms with Crippen molar-refractivity contribution in [3.63, 3.8) is 0 Å². The Hall–Kier alpha value is -1.99. The molecule has 1 fully saturated rings. The molecule has 2 aromatic carbocycles. The van der Waals surface area contributed by atoms with Crippen molar-refractivity contribution in [1.29, 1.82) is 0 Å². The molecule has 0 atom stereocenters. The molecule has 0 spiro atoms. The van der Waals surface area contributed by atoms with E-state index in [1.807, 2.05) is 53.9 Å². The standard InChI is InChI=1S/C21H25NO4S2/c1-24-18-8-3-15(13-19(18)25-2)9-10-22-20(23)14-26-17-6-4-16(5-7-17)21-27-11-12-28-21/h3-8,13,21H,9-12,14H2,1-2H3,(H,22,23). The van der Waals surface area contributed by atoms with E-state index in [1.54, 1.807) is 14.2 Å². The van der Waals surface area contributed by atoms with Gasteiger partial charge in [0, 0.05) is 18.1 Å². The van der Waals surface area contributed by atoms with Gasteiger partial charge in [-0.2, -0.15) is 0 Å². The average molecular weight is 420 g/mol. The van der Waals surface area contributed by atoms with Crippen molar-refractivity contribution >= 4 is 29.4 Å². The maximum absolute atomic E-state index is 12.0. The number of ether oxygens (including phenoxy) is 3. The van der Waals surface area contributed by atoms with E-state index in [1.165, 1.54) is 17.1 Å². The Labute approximate surface area is 174 Å². The molecule has 0 radical (unpaired) electrons. The molecular weight excluding hydrogens is 394 g/mol. The first-order valence-electron chi connectivity index (χ1n) is 9.13. The number of amides is 1. The fraction of sp³-hybridized carbons (Fsp3) is 0.381. The van der Waals surface area contributed by atoms with Gasteiger partial charge in [0.05, 0.1) is 18.8 Å². The molecule has 0 unspecified atom stereocenters. The Balaban J connectivity index is 1.40. The van der Waals surface area contributed by atoms with Crippen molar-refractivity contribution in [3.8, 4) is 17.2 Å². The molecule has 7 heteroatoms. The third-order valence-electron chi connectivity index (χ3n) is 4.33. The summed E-state index contributed by atoms with van der Waals surface area (Å²) in [4.78, 5) is 12.0. The maximum atomic E-state index is 12.0. The lowest BCUT2D eigenvalue weighted by molar-refractivity contribution is -0.123. The summed E-state index contributed by atoms with van der Waals surface area (Å²) in [5, 5.41) is 2.88. The van der Waals surface area contributed by atoms with E-state index in [0.717, 1.165) is 5.56 Å². The summed E-state index contributed by atoms with van der Waals surface area (Å²) in [6.45, 7) is 0.547. The minimum Gasteiger partial charge on any atom is -0.493 e. The van der Waals surface area contributed by atoms with Crippen LogP contribution in [0.15, 0.2) is 42.5 Å². The van der Waals surface area contributed by atoms with E-state index in [9.17, 15) is 4.79 Å². The Bertz CT molecular complexity index is 776. The number of rotatable bonds is 9. The van der Waals surface area contributed by atoms with Gasteiger partial charge in [-0.1, -0.05) is 18.2 Å². The molecule has 0 aromatic heterocycles. The number of hydrogen-bond acceptors (Lipinski definition) is 6. The van der Waals surface area contributed by atoms with E-state index in [-0.39, 0.29) is 12.5 Å². The van der Waals surface area contributed by atoms with Crippen LogP contribution in [0.25, 0.3) is 0 Å². The maximum Gasteiger partial charge on any atom is 0.257 e. The number of benzene rings is 2. The molecule has 28 heavy (non-hydrogen) atoms. The van der Waals surface area contributed by atoms with Crippen LogP contribution in [0.3, 0.4) is 0 Å². The highest BCUT2D eigenvalue weighted by Gasteiger charge is 2.18. The minimum absolute atomic E-state index is 0.0121. The van der Waals surface area contributed by atoms with Crippen LogP contribution in [0.2, 0.25) is 0 Å². The van der Waals surface area contributed by atoms with Crippen LogP contribution in [0.1, 0.15) is 15.7 Å². The van der Waals surface area contributed by atoms with Gasteiger partial charge in [0.25, 0.3) is 5.91 Å². The molecule has 0 saturated carbocycles. The van der Waals surface area contributed by atoms with Crippen molar-refractivity contribution in [2.75, 3.05) is 38.9 Å². The smallest absolute Gasteiger partial charge is 0.257 e. The Morgan fingerprint density at radius 1 is 1.04 bits per heavy atom. The van der Waals surface area contributed by atoms with Crippen LogP contribution in [0, 0.1) is 0 Å². The van der Waals surface area contributed by atoms with Gasteiger partial charge in [0.2, 0.25) is 0 Å². The molecule has 150 valence electrons. The number of methoxy groups -OCH3 is 2. The summed E-state index contributed by atoms with van der Waals surface area (Å²) in [6, 6.07) is 13.8. The zero-order valence-electron chi connectivity index (χ0n) is 16.1. The van der Waals surface area contributed by atoms with Crippen LogP contribution in [0.5, 0.6) is 17.2 Å². The minimum atomic E-state index is -0.133. The fourth-order valence-corrected chi connectivity index (χ4v) is 5.71. The Kier molecular flexibility index (Phi) is 7.80. The van der Waals surface area contributed by atoms with Gasteiger partial charge in [0.15, 0.2) is 18.1 Å². The average Bonchev–Trinajstić information content (AvgIpc) is 3.27. The van der Waals surface area contributed by atoms with Crippen LogP contribution in [0.4, 0.5) is 0 Å². The van der Waals surface area contributed by atoms with E-state index in [2.05, 4.69) is 17.4 Å². The first-order valence-corrected chi connectivity index (χ1v) is 11.2. The zero-order valence-corrected chi connectivity index (χ0v) is 17.7. The molecular formula is C21H25NO4S2. The highest BCUT2D eigenvalue weighted by Crippen LogP contribution is 2.45. The zero-order chi connectivity index (χ0) is 19.8. The van der Waals surface area contributed by atoms with Gasteiger partial charge in [-0.05, 0) is 41.8 Å². The molecule has 1 heterocycles. The predicted octanol–water partition coefficient (Wildman–Crippen LogP) is 3.92. The molecule has 1 N–H and O–H groups in total. The van der Waals surface area contributed by atoms with Gasteiger partial charge in [-0.3, -0.25) is 4.79 Å². The second kappa shape index (κ2) is 10.5. The molecule has 1 amide bonds. The third-order valence-corrected chi connectivity index (χ3v) is 7.43. The summed E-state index contributed by atoms with van der Waals surface area (Å²) in [5.41, 5.74) is 2.37. The van der Waals surface area contributed by atoms with E-state index in [4.69, 9.17) is 14.2 Å². The number of carbonyl (C=O) groups is 1. The molecule has 2 aromatic rings.